The van der Waals surface area contributed by atoms with Crippen LogP contribution in [0.3, 0.4) is 0 Å². The van der Waals surface area contributed by atoms with Crippen molar-refractivity contribution < 1.29 is 27.5 Å². The Kier molecular flexibility index (Phi) is 3.44. The van der Waals surface area contributed by atoms with Crippen molar-refractivity contribution in [1.29, 1.82) is 0 Å². The van der Waals surface area contributed by atoms with E-state index in [4.69, 9.17) is 5.11 Å². The van der Waals surface area contributed by atoms with E-state index in [1.807, 2.05) is 0 Å². The second kappa shape index (κ2) is 4.92. The van der Waals surface area contributed by atoms with Crippen LogP contribution in [0, 0.1) is 5.82 Å². The van der Waals surface area contributed by atoms with Gasteiger partial charge in [0.05, 0.1) is 11.3 Å². The molecule has 1 heterocycles. The fourth-order valence-electron chi connectivity index (χ4n) is 1.65. The summed E-state index contributed by atoms with van der Waals surface area (Å²) in [5, 5.41) is 8.77. The van der Waals surface area contributed by atoms with Crippen molar-refractivity contribution in [2.75, 3.05) is 0 Å². The SMILES string of the molecule is O=C(O)c1cccc(-c2cccc(C(F)(F)F)c2F)n1. The van der Waals surface area contributed by atoms with Gasteiger partial charge in [-0.1, -0.05) is 12.1 Å². The average Bonchev–Trinajstić information content (AvgIpc) is 2.37. The monoisotopic (exact) mass is 285 g/mol. The number of rotatable bonds is 2. The summed E-state index contributed by atoms with van der Waals surface area (Å²) in [5.74, 6) is -2.82. The van der Waals surface area contributed by atoms with E-state index in [0.29, 0.717) is 6.07 Å². The number of carboxylic acid groups (broad SMARTS) is 1. The minimum absolute atomic E-state index is 0.173. The number of hydrogen-bond acceptors (Lipinski definition) is 2. The fourth-order valence-corrected chi connectivity index (χ4v) is 1.65. The number of carbonyl (C=O) groups is 1. The van der Waals surface area contributed by atoms with Gasteiger partial charge in [0.25, 0.3) is 0 Å². The van der Waals surface area contributed by atoms with E-state index in [-0.39, 0.29) is 11.4 Å². The van der Waals surface area contributed by atoms with Gasteiger partial charge in [0.15, 0.2) is 0 Å². The van der Waals surface area contributed by atoms with E-state index in [1.54, 1.807) is 0 Å². The summed E-state index contributed by atoms with van der Waals surface area (Å²) < 4.78 is 51.7. The molecule has 20 heavy (non-hydrogen) atoms. The first-order valence-electron chi connectivity index (χ1n) is 5.37. The molecule has 104 valence electrons. The Bertz CT molecular complexity index is 668. The highest BCUT2D eigenvalue weighted by atomic mass is 19.4. The van der Waals surface area contributed by atoms with Crippen molar-refractivity contribution in [3.05, 3.63) is 53.5 Å². The van der Waals surface area contributed by atoms with Crippen LogP contribution in [0.4, 0.5) is 17.6 Å². The number of alkyl halides is 3. The van der Waals surface area contributed by atoms with Gasteiger partial charge >= 0.3 is 12.1 Å². The molecule has 0 aliphatic heterocycles. The summed E-state index contributed by atoms with van der Waals surface area (Å²) in [6.07, 6.45) is -4.83. The summed E-state index contributed by atoms with van der Waals surface area (Å²) in [6, 6.07) is 6.45. The predicted octanol–water partition coefficient (Wildman–Crippen LogP) is 3.60. The van der Waals surface area contributed by atoms with Gasteiger partial charge in [-0.3, -0.25) is 0 Å². The van der Waals surface area contributed by atoms with E-state index < -0.39 is 29.1 Å². The summed E-state index contributed by atoms with van der Waals surface area (Å²) in [5.41, 5.74) is -2.37. The van der Waals surface area contributed by atoms with E-state index in [9.17, 15) is 22.4 Å². The van der Waals surface area contributed by atoms with Crippen LogP contribution in [-0.2, 0) is 6.18 Å². The first-order valence-corrected chi connectivity index (χ1v) is 5.37. The van der Waals surface area contributed by atoms with Gasteiger partial charge < -0.3 is 5.11 Å². The molecule has 1 aromatic carbocycles. The zero-order chi connectivity index (χ0) is 14.9. The van der Waals surface area contributed by atoms with E-state index in [1.165, 1.54) is 12.1 Å². The minimum atomic E-state index is -4.83. The zero-order valence-electron chi connectivity index (χ0n) is 9.78. The summed E-state index contributed by atoms with van der Waals surface area (Å²) in [6.45, 7) is 0. The normalized spacial score (nSPS) is 11.4. The molecule has 0 unspecified atom stereocenters. The highest BCUT2D eigenvalue weighted by Gasteiger charge is 2.35. The molecule has 0 aliphatic rings. The van der Waals surface area contributed by atoms with Crippen LogP contribution < -0.4 is 0 Å². The van der Waals surface area contributed by atoms with Gasteiger partial charge in [-0.05, 0) is 24.3 Å². The molecule has 0 aliphatic carbocycles. The number of pyridine rings is 1. The van der Waals surface area contributed by atoms with Gasteiger partial charge in [-0.25, -0.2) is 14.2 Å². The van der Waals surface area contributed by atoms with Gasteiger partial charge in [0.2, 0.25) is 0 Å². The van der Waals surface area contributed by atoms with Crippen molar-refractivity contribution in [3.8, 4) is 11.3 Å². The summed E-state index contributed by atoms with van der Waals surface area (Å²) in [4.78, 5) is 14.4. The average molecular weight is 285 g/mol. The lowest BCUT2D eigenvalue weighted by atomic mass is 10.1. The maximum atomic E-state index is 13.9. The first kappa shape index (κ1) is 14.0. The molecule has 0 spiro atoms. The van der Waals surface area contributed by atoms with Crippen molar-refractivity contribution in [1.82, 2.24) is 4.98 Å². The third-order valence-corrected chi connectivity index (χ3v) is 2.55. The topological polar surface area (TPSA) is 50.2 Å². The molecule has 0 saturated heterocycles. The van der Waals surface area contributed by atoms with E-state index in [0.717, 1.165) is 18.2 Å². The Labute approximate surface area is 110 Å². The van der Waals surface area contributed by atoms with Crippen LogP contribution >= 0.6 is 0 Å². The van der Waals surface area contributed by atoms with Gasteiger partial charge in [0, 0.05) is 5.56 Å². The first-order chi connectivity index (χ1) is 9.30. The molecular formula is C13H7F4NO2. The summed E-state index contributed by atoms with van der Waals surface area (Å²) >= 11 is 0. The number of halogens is 4. The number of benzene rings is 1. The molecule has 7 heteroatoms. The Hall–Kier alpha value is -2.44. The molecule has 2 aromatic rings. The van der Waals surface area contributed by atoms with Gasteiger partial charge in [-0.15, -0.1) is 0 Å². The molecule has 0 radical (unpaired) electrons. The molecule has 0 fully saturated rings. The lowest BCUT2D eigenvalue weighted by Crippen LogP contribution is -2.09. The Morgan fingerprint density at radius 3 is 2.35 bits per heavy atom. The smallest absolute Gasteiger partial charge is 0.419 e. The molecule has 2 rings (SSSR count). The van der Waals surface area contributed by atoms with Crippen LogP contribution in [0.1, 0.15) is 16.1 Å². The van der Waals surface area contributed by atoms with Crippen LogP contribution in [-0.4, -0.2) is 16.1 Å². The number of carboxylic acids is 1. The van der Waals surface area contributed by atoms with Crippen molar-refractivity contribution in [2.45, 2.75) is 6.18 Å². The Balaban J connectivity index is 2.59. The van der Waals surface area contributed by atoms with Crippen molar-refractivity contribution >= 4 is 5.97 Å². The van der Waals surface area contributed by atoms with Gasteiger partial charge in [-0.2, -0.15) is 13.2 Å². The number of aromatic carboxylic acids is 1. The van der Waals surface area contributed by atoms with E-state index in [2.05, 4.69) is 4.98 Å². The fraction of sp³-hybridized carbons (Fsp3) is 0.0769. The molecule has 1 aromatic heterocycles. The lowest BCUT2D eigenvalue weighted by molar-refractivity contribution is -0.139. The largest absolute Gasteiger partial charge is 0.477 e. The molecule has 1 N–H and O–H groups in total. The quantitative estimate of drug-likeness (QED) is 0.858. The van der Waals surface area contributed by atoms with E-state index >= 15 is 0 Å². The second-order valence-electron chi connectivity index (χ2n) is 3.88. The van der Waals surface area contributed by atoms with Gasteiger partial charge in [0.1, 0.15) is 11.5 Å². The molecule has 0 amide bonds. The molecule has 0 atom stereocenters. The Morgan fingerprint density at radius 1 is 1.10 bits per heavy atom. The minimum Gasteiger partial charge on any atom is -0.477 e. The third-order valence-electron chi connectivity index (χ3n) is 2.55. The molecule has 3 nitrogen and oxygen atoms in total. The van der Waals surface area contributed by atoms with Crippen LogP contribution in [0.2, 0.25) is 0 Å². The maximum Gasteiger partial charge on any atom is 0.419 e. The standard InChI is InChI=1S/C13H7F4NO2/c14-11-7(3-1-4-8(11)13(15,16)17)9-5-2-6-10(18-9)12(19)20/h1-6H,(H,19,20). The molecule has 0 saturated carbocycles. The number of hydrogen-bond donors (Lipinski definition) is 1. The van der Waals surface area contributed by atoms with Crippen LogP contribution in [0.15, 0.2) is 36.4 Å². The van der Waals surface area contributed by atoms with Crippen LogP contribution in [0.5, 0.6) is 0 Å². The van der Waals surface area contributed by atoms with Crippen LogP contribution in [0.25, 0.3) is 11.3 Å². The highest BCUT2D eigenvalue weighted by Crippen LogP contribution is 2.34. The molecular weight excluding hydrogens is 278 g/mol. The number of aromatic nitrogens is 1. The van der Waals surface area contributed by atoms with Crippen molar-refractivity contribution in [3.63, 3.8) is 0 Å². The Morgan fingerprint density at radius 2 is 1.75 bits per heavy atom. The third kappa shape index (κ3) is 2.61. The summed E-state index contributed by atoms with van der Waals surface area (Å²) in [7, 11) is 0. The second-order valence-corrected chi connectivity index (χ2v) is 3.88. The zero-order valence-corrected chi connectivity index (χ0v) is 9.78. The highest BCUT2D eigenvalue weighted by molar-refractivity contribution is 5.86. The lowest BCUT2D eigenvalue weighted by Gasteiger charge is -2.11. The predicted molar refractivity (Wildman–Crippen MR) is 61.6 cm³/mol. The molecule has 0 bridgehead atoms. The number of nitrogens with zero attached hydrogens (tertiary/aromatic N) is 1. The maximum absolute atomic E-state index is 13.9. The van der Waals surface area contributed by atoms with Crippen molar-refractivity contribution in [2.24, 2.45) is 0 Å².